The summed E-state index contributed by atoms with van der Waals surface area (Å²) in [5.74, 6) is 0.444. The predicted molar refractivity (Wildman–Crippen MR) is 134 cm³/mol. The van der Waals surface area contributed by atoms with Crippen molar-refractivity contribution >= 4 is 34.2 Å². The van der Waals surface area contributed by atoms with Crippen LogP contribution in [0.5, 0.6) is 5.75 Å². The van der Waals surface area contributed by atoms with Gasteiger partial charge in [-0.25, -0.2) is 0 Å². The van der Waals surface area contributed by atoms with Crippen LogP contribution in [0, 0.1) is 0 Å². The summed E-state index contributed by atoms with van der Waals surface area (Å²) >= 11 is 6.18. The van der Waals surface area contributed by atoms with Crippen LogP contribution in [0.25, 0.3) is 22.6 Å². The number of hydrogen-bond acceptors (Lipinski definition) is 7. The number of benzene rings is 2. The maximum absolute atomic E-state index is 12.9. The van der Waals surface area contributed by atoms with Gasteiger partial charge >= 0.3 is 0 Å². The number of carbonyl (C=O) groups excluding carboxylic acids is 1. The van der Waals surface area contributed by atoms with Crippen molar-refractivity contribution in [3.63, 3.8) is 0 Å². The second-order valence-electron chi connectivity index (χ2n) is 7.52. The number of nitrogens with one attached hydrogen (secondary N) is 2. The van der Waals surface area contributed by atoms with E-state index in [-0.39, 0.29) is 38.7 Å². The zero-order valence-electron chi connectivity index (χ0n) is 18.7. The number of hydrogen-bond donors (Lipinski definition) is 2. The van der Waals surface area contributed by atoms with Gasteiger partial charge in [0.25, 0.3) is 5.91 Å². The summed E-state index contributed by atoms with van der Waals surface area (Å²) in [5, 5.41) is 16.7. The van der Waals surface area contributed by atoms with Gasteiger partial charge in [-0.3, -0.25) is 9.59 Å². The molecule has 2 heterocycles. The molecular weight excluding hydrogens is 470 g/mol. The Hall–Kier alpha value is -4.24. The minimum Gasteiger partial charge on any atom is -0.490 e. The van der Waals surface area contributed by atoms with E-state index in [1.807, 2.05) is 12.2 Å². The Morgan fingerprint density at radius 3 is 2.74 bits per heavy atom. The van der Waals surface area contributed by atoms with Crippen LogP contribution in [0.3, 0.4) is 0 Å². The van der Waals surface area contributed by atoms with Gasteiger partial charge in [0.1, 0.15) is 12.4 Å². The number of ether oxygens (including phenoxy) is 1. The molecule has 0 saturated carbocycles. The van der Waals surface area contributed by atoms with Crippen LogP contribution in [0.15, 0.2) is 76.5 Å². The van der Waals surface area contributed by atoms with Crippen LogP contribution >= 0.6 is 11.6 Å². The Labute approximate surface area is 205 Å². The molecule has 0 spiro atoms. The standard InChI is InChI=1S/C25H22ClN5O4/c1-2-3-4-5-6-7-12-34-18-10-8-16(9-11-18)25(33)27-20-14-17(26)13-19-21(32)15-22(35-23(19)20)24-28-30-31-29-24/h2,6-11,13-15H,1,3-5,12H2,(H,27,33)(H,28,29,30,31). The number of amides is 1. The SMILES string of the molecule is C=CCCCC=CCOc1ccc(C(=O)Nc2cc(Cl)cc3c(=O)cc(-c4nn[nH]n4)oc23)cc1. The Morgan fingerprint density at radius 2 is 2.00 bits per heavy atom. The average molecular weight is 492 g/mol. The molecule has 4 aromatic rings. The smallest absolute Gasteiger partial charge is 0.255 e. The van der Waals surface area contributed by atoms with E-state index in [0.29, 0.717) is 17.9 Å². The van der Waals surface area contributed by atoms with Gasteiger partial charge in [0.05, 0.1) is 11.1 Å². The highest BCUT2D eigenvalue weighted by Gasteiger charge is 2.16. The van der Waals surface area contributed by atoms with E-state index < -0.39 is 5.91 Å². The molecular formula is C25H22ClN5O4. The molecule has 0 aliphatic carbocycles. The van der Waals surface area contributed by atoms with E-state index in [2.05, 4.69) is 38.6 Å². The third-order valence-electron chi connectivity index (χ3n) is 5.02. The Balaban J connectivity index is 1.48. The lowest BCUT2D eigenvalue weighted by Gasteiger charge is -2.10. The lowest BCUT2D eigenvalue weighted by molar-refractivity contribution is 0.102. The molecule has 0 atom stereocenters. The second-order valence-corrected chi connectivity index (χ2v) is 7.96. The van der Waals surface area contributed by atoms with Crippen molar-refractivity contribution in [3.05, 3.63) is 88.1 Å². The molecule has 0 fully saturated rings. The van der Waals surface area contributed by atoms with Crippen molar-refractivity contribution < 1.29 is 13.9 Å². The summed E-state index contributed by atoms with van der Waals surface area (Å²) in [7, 11) is 0. The van der Waals surface area contributed by atoms with E-state index >= 15 is 0 Å². The van der Waals surface area contributed by atoms with Crippen molar-refractivity contribution in [1.82, 2.24) is 20.6 Å². The molecule has 0 unspecified atom stereocenters. The monoisotopic (exact) mass is 491 g/mol. The first-order chi connectivity index (χ1) is 17.0. The zero-order chi connectivity index (χ0) is 24.6. The number of rotatable bonds is 10. The van der Waals surface area contributed by atoms with Gasteiger partial charge in [-0.05, 0) is 60.9 Å². The number of aromatic amines is 1. The Morgan fingerprint density at radius 1 is 1.17 bits per heavy atom. The van der Waals surface area contributed by atoms with E-state index in [4.69, 9.17) is 20.8 Å². The lowest BCUT2D eigenvalue weighted by Crippen LogP contribution is -2.13. The van der Waals surface area contributed by atoms with Crippen molar-refractivity contribution in [2.24, 2.45) is 0 Å². The minimum absolute atomic E-state index is 0.102. The number of nitrogens with zero attached hydrogens (tertiary/aromatic N) is 3. The maximum atomic E-state index is 12.9. The van der Waals surface area contributed by atoms with E-state index in [1.54, 1.807) is 24.3 Å². The van der Waals surface area contributed by atoms with Crippen LogP contribution in [-0.4, -0.2) is 33.1 Å². The van der Waals surface area contributed by atoms with E-state index in [9.17, 15) is 9.59 Å². The fraction of sp³-hybridized carbons (Fsp3) is 0.160. The Bertz CT molecular complexity index is 1410. The summed E-state index contributed by atoms with van der Waals surface area (Å²) in [6.07, 6.45) is 8.97. The van der Waals surface area contributed by atoms with Gasteiger partial charge in [-0.1, -0.05) is 29.8 Å². The first-order valence-corrected chi connectivity index (χ1v) is 11.2. The third kappa shape index (κ3) is 6.01. The fourth-order valence-electron chi connectivity index (χ4n) is 3.30. The zero-order valence-corrected chi connectivity index (χ0v) is 19.4. The van der Waals surface area contributed by atoms with Crippen LogP contribution in [-0.2, 0) is 0 Å². The highest BCUT2D eigenvalue weighted by molar-refractivity contribution is 6.32. The predicted octanol–water partition coefficient (Wildman–Crippen LogP) is 5.17. The summed E-state index contributed by atoms with van der Waals surface area (Å²) in [5.41, 5.74) is 0.416. The van der Waals surface area contributed by atoms with Crippen molar-refractivity contribution in [1.29, 1.82) is 0 Å². The topological polar surface area (TPSA) is 123 Å². The molecule has 2 N–H and O–H groups in total. The van der Waals surface area contributed by atoms with Crippen LogP contribution < -0.4 is 15.5 Å². The molecule has 35 heavy (non-hydrogen) atoms. The number of allylic oxidation sites excluding steroid dienone is 2. The summed E-state index contributed by atoms with van der Waals surface area (Å²) < 4.78 is 11.5. The molecule has 4 rings (SSSR count). The van der Waals surface area contributed by atoms with E-state index in [1.165, 1.54) is 18.2 Å². The minimum atomic E-state index is -0.408. The lowest BCUT2D eigenvalue weighted by atomic mass is 10.1. The summed E-state index contributed by atoms with van der Waals surface area (Å²) in [6, 6.07) is 10.9. The first-order valence-electron chi connectivity index (χ1n) is 10.9. The van der Waals surface area contributed by atoms with Crippen molar-refractivity contribution in [2.45, 2.75) is 19.3 Å². The molecule has 178 valence electrons. The fourth-order valence-corrected chi connectivity index (χ4v) is 3.52. The molecule has 1 amide bonds. The number of halogens is 1. The third-order valence-corrected chi connectivity index (χ3v) is 5.23. The molecule has 10 heteroatoms. The maximum Gasteiger partial charge on any atom is 0.255 e. The molecule has 9 nitrogen and oxygen atoms in total. The molecule has 2 aromatic heterocycles. The van der Waals surface area contributed by atoms with Gasteiger partial charge in [0, 0.05) is 16.7 Å². The van der Waals surface area contributed by atoms with Gasteiger partial charge in [-0.2, -0.15) is 5.21 Å². The highest BCUT2D eigenvalue weighted by atomic mass is 35.5. The van der Waals surface area contributed by atoms with Crippen LogP contribution in [0.1, 0.15) is 29.6 Å². The second kappa shape index (κ2) is 11.3. The largest absolute Gasteiger partial charge is 0.490 e. The molecule has 0 saturated heterocycles. The number of aromatic nitrogens is 4. The number of unbranched alkanes of at least 4 members (excludes halogenated alkanes) is 2. The summed E-state index contributed by atoms with van der Waals surface area (Å²) in [4.78, 5) is 25.5. The molecule has 0 aliphatic rings. The average Bonchev–Trinajstić information content (AvgIpc) is 3.39. The number of tetrazole rings is 1. The number of H-pyrrole nitrogens is 1. The molecule has 0 radical (unpaired) electrons. The highest BCUT2D eigenvalue weighted by Crippen LogP contribution is 2.29. The van der Waals surface area contributed by atoms with Gasteiger partial charge in [0.2, 0.25) is 5.82 Å². The number of fused-ring (bicyclic) bond motifs is 1. The quantitative estimate of drug-likeness (QED) is 0.231. The number of anilines is 1. The van der Waals surface area contributed by atoms with Gasteiger partial charge in [-0.15, -0.1) is 16.8 Å². The van der Waals surface area contributed by atoms with Gasteiger partial charge in [0.15, 0.2) is 16.8 Å². The molecule has 0 aliphatic heterocycles. The van der Waals surface area contributed by atoms with Gasteiger partial charge < -0.3 is 14.5 Å². The van der Waals surface area contributed by atoms with E-state index in [0.717, 1.165) is 19.3 Å². The number of carbonyl (C=O) groups is 1. The van der Waals surface area contributed by atoms with Crippen molar-refractivity contribution in [2.75, 3.05) is 11.9 Å². The first kappa shape index (κ1) is 23.9. The van der Waals surface area contributed by atoms with Crippen LogP contribution in [0.4, 0.5) is 5.69 Å². The van der Waals surface area contributed by atoms with Crippen molar-refractivity contribution in [3.8, 4) is 17.3 Å². The Kier molecular flexibility index (Phi) is 7.69. The van der Waals surface area contributed by atoms with Crippen LogP contribution in [0.2, 0.25) is 5.02 Å². The normalized spacial score (nSPS) is 11.1. The molecule has 2 aromatic carbocycles. The summed E-state index contributed by atoms with van der Waals surface area (Å²) in [6.45, 7) is 4.14. The molecule has 0 bridgehead atoms.